The first kappa shape index (κ1) is 10.9. The predicted molar refractivity (Wildman–Crippen MR) is 59.1 cm³/mol. The van der Waals surface area contributed by atoms with Crippen LogP contribution in [-0.2, 0) is 9.53 Å². The van der Waals surface area contributed by atoms with Crippen molar-refractivity contribution in [1.29, 1.82) is 0 Å². The number of benzene rings is 1. The lowest BCUT2D eigenvalue weighted by Crippen LogP contribution is -2.14. The number of para-hydroxylation sites is 1. The van der Waals surface area contributed by atoms with Crippen molar-refractivity contribution >= 4 is 24.2 Å². The molecule has 5 heteroatoms. The number of hydrazone groups is 1. The van der Waals surface area contributed by atoms with E-state index in [1.165, 1.54) is 7.11 Å². The van der Waals surface area contributed by atoms with Crippen LogP contribution in [0, 0.1) is 0 Å². The van der Waals surface area contributed by atoms with Crippen molar-refractivity contribution in [3.63, 3.8) is 0 Å². The van der Waals surface area contributed by atoms with E-state index in [4.69, 9.17) is 0 Å². The van der Waals surface area contributed by atoms with Gasteiger partial charge >= 0.3 is 5.97 Å². The molecule has 0 aliphatic carbocycles. The number of aliphatic imine (C=N–C) groups is 1. The van der Waals surface area contributed by atoms with Crippen LogP contribution in [0.1, 0.15) is 0 Å². The molecule has 15 heavy (non-hydrogen) atoms. The highest BCUT2D eigenvalue weighted by Gasteiger charge is 2.08. The zero-order valence-electron chi connectivity index (χ0n) is 8.30. The molecule has 0 amide bonds. The molecule has 1 rings (SSSR count). The van der Waals surface area contributed by atoms with E-state index in [1.54, 1.807) is 0 Å². The van der Waals surface area contributed by atoms with Crippen LogP contribution in [-0.4, -0.2) is 25.6 Å². The molecule has 1 aromatic rings. The van der Waals surface area contributed by atoms with Crippen molar-refractivity contribution in [3.8, 4) is 0 Å². The Morgan fingerprint density at radius 2 is 2.07 bits per heavy atom. The number of hydrogen-bond acceptors (Lipinski definition) is 4. The van der Waals surface area contributed by atoms with Gasteiger partial charge in [-0.3, -0.25) is 5.43 Å². The Kier molecular flexibility index (Phi) is 4.03. The van der Waals surface area contributed by atoms with Crippen LogP contribution in [0.15, 0.2) is 40.4 Å². The fraction of sp³-hybridized carbons (Fsp3) is 0.100. The van der Waals surface area contributed by atoms with Crippen LogP contribution in [0.5, 0.6) is 0 Å². The van der Waals surface area contributed by atoms with Crippen molar-refractivity contribution in [3.05, 3.63) is 30.3 Å². The average Bonchev–Trinajstić information content (AvgIpc) is 2.31. The lowest BCUT2D eigenvalue weighted by molar-refractivity contribution is -0.132. The Balaban J connectivity index is 2.71. The van der Waals surface area contributed by atoms with Gasteiger partial charge in [0, 0.05) is 0 Å². The van der Waals surface area contributed by atoms with Gasteiger partial charge < -0.3 is 4.74 Å². The second-order valence-corrected chi connectivity index (χ2v) is 2.56. The molecule has 1 aromatic carbocycles. The van der Waals surface area contributed by atoms with E-state index in [0.717, 1.165) is 5.69 Å². The topological polar surface area (TPSA) is 63.0 Å². The van der Waals surface area contributed by atoms with E-state index in [0.29, 0.717) is 0 Å². The fourth-order valence-electron chi connectivity index (χ4n) is 0.867. The fourth-order valence-corrected chi connectivity index (χ4v) is 0.867. The van der Waals surface area contributed by atoms with Gasteiger partial charge in [-0.25, -0.2) is 9.79 Å². The minimum atomic E-state index is -0.631. The molecule has 0 saturated heterocycles. The predicted octanol–water partition coefficient (Wildman–Crippen LogP) is 1.29. The van der Waals surface area contributed by atoms with Gasteiger partial charge in [0.15, 0.2) is 0 Å². The summed E-state index contributed by atoms with van der Waals surface area (Å²) in [5.41, 5.74) is 3.42. The maximum absolute atomic E-state index is 11.0. The number of carbonyl (C=O) groups excluding carboxylic acids is 1. The summed E-state index contributed by atoms with van der Waals surface area (Å²) in [5, 5.41) is 3.75. The third kappa shape index (κ3) is 3.22. The molecule has 0 spiro atoms. The first-order valence-corrected chi connectivity index (χ1v) is 4.21. The molecule has 0 aliphatic heterocycles. The molecule has 0 unspecified atom stereocenters. The minimum absolute atomic E-state index is 0.110. The van der Waals surface area contributed by atoms with Crippen LogP contribution < -0.4 is 5.43 Å². The minimum Gasteiger partial charge on any atom is -0.463 e. The molecule has 0 fully saturated rings. The average molecular weight is 205 g/mol. The number of hydrogen-bond donors (Lipinski definition) is 1. The van der Waals surface area contributed by atoms with E-state index in [-0.39, 0.29) is 5.84 Å². The van der Waals surface area contributed by atoms with Gasteiger partial charge in [0.1, 0.15) is 0 Å². The summed E-state index contributed by atoms with van der Waals surface area (Å²) < 4.78 is 4.45. The number of anilines is 1. The van der Waals surface area contributed by atoms with Gasteiger partial charge in [-0.2, -0.15) is 0 Å². The number of nitrogens with zero attached hydrogens (tertiary/aromatic N) is 2. The molecule has 5 nitrogen and oxygen atoms in total. The molecule has 0 aliphatic rings. The Morgan fingerprint density at radius 3 is 2.60 bits per heavy atom. The summed E-state index contributed by atoms with van der Waals surface area (Å²) in [5.74, 6) is -0.741. The molecule has 0 radical (unpaired) electrons. The molecule has 0 aromatic heterocycles. The van der Waals surface area contributed by atoms with Gasteiger partial charge in [-0.1, -0.05) is 18.2 Å². The van der Waals surface area contributed by atoms with Crippen LogP contribution in [0.3, 0.4) is 0 Å². The number of amidine groups is 1. The largest absolute Gasteiger partial charge is 0.463 e. The van der Waals surface area contributed by atoms with Crippen molar-refractivity contribution in [1.82, 2.24) is 0 Å². The number of rotatable bonds is 2. The monoisotopic (exact) mass is 205 g/mol. The standard InChI is InChI=1S/C10H11N3O2/c1-11-9(10(14)15-2)13-12-8-6-4-3-5-7-8/h3-7,12H,1H2,2H3/b13-9+. The Labute approximate surface area is 87.5 Å². The van der Waals surface area contributed by atoms with E-state index in [2.05, 4.69) is 27.0 Å². The maximum atomic E-state index is 11.0. The van der Waals surface area contributed by atoms with E-state index < -0.39 is 5.97 Å². The van der Waals surface area contributed by atoms with Crippen LogP contribution >= 0.6 is 0 Å². The SMILES string of the molecule is C=N/C(=N/Nc1ccccc1)C(=O)OC. The summed E-state index contributed by atoms with van der Waals surface area (Å²) in [7, 11) is 1.26. The van der Waals surface area contributed by atoms with E-state index in [9.17, 15) is 4.79 Å². The summed E-state index contributed by atoms with van der Waals surface area (Å²) >= 11 is 0. The van der Waals surface area contributed by atoms with Gasteiger partial charge in [0.2, 0.25) is 0 Å². The van der Waals surface area contributed by atoms with Crippen molar-refractivity contribution in [2.75, 3.05) is 12.5 Å². The number of carbonyl (C=O) groups is 1. The molecular formula is C10H11N3O2. The van der Waals surface area contributed by atoms with Gasteiger partial charge in [0.25, 0.3) is 5.84 Å². The Bertz CT molecular complexity index is 374. The number of ether oxygens (including phenoxy) is 1. The summed E-state index contributed by atoms with van der Waals surface area (Å²) in [4.78, 5) is 14.5. The first-order valence-electron chi connectivity index (χ1n) is 4.21. The second kappa shape index (κ2) is 5.54. The molecule has 0 heterocycles. The van der Waals surface area contributed by atoms with E-state index >= 15 is 0 Å². The molecule has 0 atom stereocenters. The number of nitrogens with one attached hydrogen (secondary N) is 1. The third-order valence-electron chi connectivity index (χ3n) is 1.58. The van der Waals surface area contributed by atoms with Gasteiger partial charge in [-0.15, -0.1) is 5.10 Å². The van der Waals surface area contributed by atoms with Gasteiger partial charge in [0.05, 0.1) is 12.8 Å². The lowest BCUT2D eigenvalue weighted by atomic mass is 10.3. The first-order chi connectivity index (χ1) is 7.27. The highest BCUT2D eigenvalue weighted by atomic mass is 16.5. The quantitative estimate of drug-likeness (QED) is 0.342. The molecular weight excluding hydrogens is 194 g/mol. The van der Waals surface area contributed by atoms with Crippen LogP contribution in [0.25, 0.3) is 0 Å². The second-order valence-electron chi connectivity index (χ2n) is 2.56. The summed E-state index contributed by atoms with van der Waals surface area (Å²) in [6.07, 6.45) is 0. The smallest absolute Gasteiger partial charge is 0.377 e. The van der Waals surface area contributed by atoms with Crippen molar-refractivity contribution in [2.45, 2.75) is 0 Å². The summed E-state index contributed by atoms with van der Waals surface area (Å²) in [6, 6.07) is 9.18. The van der Waals surface area contributed by atoms with Crippen molar-refractivity contribution < 1.29 is 9.53 Å². The zero-order chi connectivity index (χ0) is 11.1. The molecule has 1 N–H and O–H groups in total. The summed E-state index contributed by atoms with van der Waals surface area (Å²) in [6.45, 7) is 3.22. The highest BCUT2D eigenvalue weighted by molar-refractivity contribution is 6.36. The normalized spacial score (nSPS) is 10.6. The van der Waals surface area contributed by atoms with Gasteiger partial charge in [-0.05, 0) is 18.9 Å². The number of methoxy groups -OCH3 is 1. The van der Waals surface area contributed by atoms with Crippen LogP contribution in [0.2, 0.25) is 0 Å². The molecule has 0 saturated carbocycles. The molecule has 78 valence electrons. The van der Waals surface area contributed by atoms with E-state index in [1.807, 2.05) is 30.3 Å². The highest BCUT2D eigenvalue weighted by Crippen LogP contribution is 2.04. The maximum Gasteiger partial charge on any atom is 0.377 e. The molecule has 0 bridgehead atoms. The zero-order valence-corrected chi connectivity index (χ0v) is 8.30. The Morgan fingerprint density at radius 1 is 1.40 bits per heavy atom. The van der Waals surface area contributed by atoms with Crippen molar-refractivity contribution in [2.24, 2.45) is 10.1 Å². The lowest BCUT2D eigenvalue weighted by Gasteiger charge is -2.00. The van der Waals surface area contributed by atoms with Crippen LogP contribution in [0.4, 0.5) is 5.69 Å². The Hall–Kier alpha value is -2.17. The number of esters is 1. The third-order valence-corrected chi connectivity index (χ3v) is 1.58.